The summed E-state index contributed by atoms with van der Waals surface area (Å²) < 4.78 is 5.82. The first-order valence-electron chi connectivity index (χ1n) is 5.11. The topological polar surface area (TPSA) is 70.0 Å². The molecule has 0 saturated heterocycles. The van der Waals surface area contributed by atoms with Crippen LogP contribution in [0.25, 0.3) is 0 Å². The average Bonchev–Trinajstić information content (AvgIpc) is 2.29. The fourth-order valence-electron chi connectivity index (χ4n) is 1.18. The lowest BCUT2D eigenvalue weighted by Crippen LogP contribution is -2.27. The SMILES string of the molecule is O=C(OCCN(O)CCO)c1ccccc1I. The number of rotatable bonds is 6. The summed E-state index contributed by atoms with van der Waals surface area (Å²) in [6.45, 7) is 0.261. The first-order chi connectivity index (χ1) is 8.15. The van der Waals surface area contributed by atoms with Crippen LogP contribution in [0.5, 0.6) is 0 Å². The van der Waals surface area contributed by atoms with Crippen molar-refractivity contribution in [3.63, 3.8) is 0 Å². The lowest BCUT2D eigenvalue weighted by molar-refractivity contribution is -0.106. The van der Waals surface area contributed by atoms with E-state index in [9.17, 15) is 4.79 Å². The molecule has 0 heterocycles. The number of nitrogens with zero attached hydrogens (tertiary/aromatic N) is 1. The van der Waals surface area contributed by atoms with E-state index >= 15 is 0 Å². The molecule has 1 aromatic carbocycles. The van der Waals surface area contributed by atoms with Crippen LogP contribution in [0.2, 0.25) is 0 Å². The van der Waals surface area contributed by atoms with E-state index in [1.54, 1.807) is 12.1 Å². The summed E-state index contributed by atoms with van der Waals surface area (Å²) in [5.74, 6) is -0.410. The van der Waals surface area contributed by atoms with Gasteiger partial charge in [0.05, 0.1) is 18.7 Å². The van der Waals surface area contributed by atoms with Gasteiger partial charge in [-0.2, -0.15) is 5.06 Å². The van der Waals surface area contributed by atoms with E-state index in [0.717, 1.165) is 8.63 Å². The third-order valence-electron chi connectivity index (χ3n) is 2.03. The third-order valence-corrected chi connectivity index (χ3v) is 2.98. The molecule has 5 nitrogen and oxygen atoms in total. The molecule has 0 saturated carbocycles. The molecule has 0 bridgehead atoms. The van der Waals surface area contributed by atoms with Crippen molar-refractivity contribution >= 4 is 28.6 Å². The lowest BCUT2D eigenvalue weighted by Gasteiger charge is -2.13. The molecule has 0 fully saturated rings. The molecule has 94 valence electrons. The van der Waals surface area contributed by atoms with Gasteiger partial charge in [-0.1, -0.05) is 12.1 Å². The molecule has 0 unspecified atom stereocenters. The average molecular weight is 351 g/mol. The predicted octanol–water partition coefficient (Wildman–Crippen LogP) is 1.13. The number of hydroxylamine groups is 2. The van der Waals surface area contributed by atoms with Crippen molar-refractivity contribution in [1.82, 2.24) is 5.06 Å². The Bertz CT molecular complexity index is 372. The number of hydrogen-bond donors (Lipinski definition) is 2. The molecular formula is C11H14INO4. The molecule has 0 amide bonds. The highest BCUT2D eigenvalue weighted by Crippen LogP contribution is 2.12. The molecule has 0 aliphatic heterocycles. The smallest absolute Gasteiger partial charge is 0.339 e. The van der Waals surface area contributed by atoms with Gasteiger partial charge < -0.3 is 15.1 Å². The number of ether oxygens (including phenoxy) is 1. The third kappa shape index (κ3) is 4.99. The highest BCUT2D eigenvalue weighted by Gasteiger charge is 2.10. The maximum Gasteiger partial charge on any atom is 0.339 e. The quantitative estimate of drug-likeness (QED) is 0.457. The molecule has 0 aliphatic rings. The number of carbonyl (C=O) groups is 1. The van der Waals surface area contributed by atoms with Gasteiger partial charge in [-0.3, -0.25) is 0 Å². The zero-order chi connectivity index (χ0) is 12.7. The van der Waals surface area contributed by atoms with Crippen LogP contribution in [0, 0.1) is 3.57 Å². The van der Waals surface area contributed by atoms with Crippen LogP contribution >= 0.6 is 22.6 Å². The van der Waals surface area contributed by atoms with Gasteiger partial charge in [0.25, 0.3) is 0 Å². The van der Waals surface area contributed by atoms with Crippen LogP contribution in [0.15, 0.2) is 24.3 Å². The van der Waals surface area contributed by atoms with Gasteiger partial charge in [-0.05, 0) is 34.7 Å². The summed E-state index contributed by atoms with van der Waals surface area (Å²) in [6, 6.07) is 7.12. The van der Waals surface area contributed by atoms with Gasteiger partial charge in [0.15, 0.2) is 0 Å². The van der Waals surface area contributed by atoms with Crippen LogP contribution in [-0.2, 0) is 4.74 Å². The molecule has 0 aromatic heterocycles. The van der Waals surface area contributed by atoms with Crippen LogP contribution in [0.1, 0.15) is 10.4 Å². The van der Waals surface area contributed by atoms with Gasteiger partial charge in [0, 0.05) is 10.1 Å². The van der Waals surface area contributed by atoms with Crippen molar-refractivity contribution in [3.05, 3.63) is 33.4 Å². The van der Waals surface area contributed by atoms with Crippen molar-refractivity contribution in [2.45, 2.75) is 0 Å². The summed E-state index contributed by atoms with van der Waals surface area (Å²) in [5.41, 5.74) is 0.514. The molecule has 0 aliphatic carbocycles. The molecular weight excluding hydrogens is 337 g/mol. The molecule has 2 N–H and O–H groups in total. The molecule has 1 rings (SSSR count). The highest BCUT2D eigenvalue weighted by atomic mass is 127. The van der Waals surface area contributed by atoms with Gasteiger partial charge >= 0.3 is 5.97 Å². The summed E-state index contributed by atoms with van der Waals surface area (Å²) in [4.78, 5) is 11.6. The Morgan fingerprint density at radius 1 is 1.35 bits per heavy atom. The van der Waals surface area contributed by atoms with Crippen molar-refractivity contribution in [3.8, 4) is 0 Å². The lowest BCUT2D eigenvalue weighted by atomic mass is 10.2. The normalized spacial score (nSPS) is 10.6. The van der Waals surface area contributed by atoms with Gasteiger partial charge in [-0.15, -0.1) is 0 Å². The Kier molecular flexibility index (Phi) is 6.41. The van der Waals surface area contributed by atoms with E-state index in [1.807, 2.05) is 12.1 Å². The van der Waals surface area contributed by atoms with E-state index in [4.69, 9.17) is 15.1 Å². The van der Waals surface area contributed by atoms with Gasteiger partial charge in [-0.25, -0.2) is 4.79 Å². The van der Waals surface area contributed by atoms with E-state index in [2.05, 4.69) is 22.6 Å². The number of benzene rings is 1. The number of halogens is 1. The Morgan fingerprint density at radius 3 is 2.71 bits per heavy atom. The number of carbonyl (C=O) groups excluding carboxylic acids is 1. The largest absolute Gasteiger partial charge is 0.461 e. The monoisotopic (exact) mass is 351 g/mol. The fourth-order valence-corrected chi connectivity index (χ4v) is 1.78. The number of esters is 1. The Labute approximate surface area is 113 Å². The maximum absolute atomic E-state index is 11.6. The molecule has 0 radical (unpaired) electrons. The van der Waals surface area contributed by atoms with Crippen molar-refractivity contribution < 1.29 is 19.8 Å². The summed E-state index contributed by atoms with van der Waals surface area (Å²) in [7, 11) is 0. The number of hydrogen-bond acceptors (Lipinski definition) is 5. The maximum atomic E-state index is 11.6. The van der Waals surface area contributed by atoms with Crippen molar-refractivity contribution in [2.75, 3.05) is 26.3 Å². The molecule has 1 aromatic rings. The zero-order valence-electron chi connectivity index (χ0n) is 9.17. The van der Waals surface area contributed by atoms with Crippen LogP contribution in [-0.4, -0.2) is 47.6 Å². The summed E-state index contributed by atoms with van der Waals surface area (Å²) >= 11 is 2.06. The Morgan fingerprint density at radius 2 is 2.06 bits per heavy atom. The second-order valence-electron chi connectivity index (χ2n) is 3.29. The van der Waals surface area contributed by atoms with Crippen LogP contribution in [0.3, 0.4) is 0 Å². The first kappa shape index (κ1) is 14.4. The predicted molar refractivity (Wildman–Crippen MR) is 69.9 cm³/mol. The van der Waals surface area contributed by atoms with E-state index in [-0.39, 0.29) is 26.3 Å². The van der Waals surface area contributed by atoms with E-state index < -0.39 is 5.97 Å². The number of aliphatic hydroxyl groups excluding tert-OH is 1. The minimum Gasteiger partial charge on any atom is -0.461 e. The van der Waals surface area contributed by atoms with Gasteiger partial charge in [0.1, 0.15) is 6.61 Å². The standard InChI is InChI=1S/C11H14INO4/c12-10-4-2-1-3-9(10)11(15)17-8-6-13(16)5-7-14/h1-4,14,16H,5-8H2. The first-order valence-corrected chi connectivity index (χ1v) is 6.19. The second kappa shape index (κ2) is 7.59. The Hall–Kier alpha value is -0.700. The Balaban J connectivity index is 2.38. The van der Waals surface area contributed by atoms with E-state index in [0.29, 0.717) is 5.56 Å². The second-order valence-corrected chi connectivity index (χ2v) is 4.46. The van der Waals surface area contributed by atoms with E-state index in [1.165, 1.54) is 0 Å². The molecule has 6 heteroatoms. The van der Waals surface area contributed by atoms with Gasteiger partial charge in [0.2, 0.25) is 0 Å². The summed E-state index contributed by atoms with van der Waals surface area (Å²) in [6.07, 6.45) is 0. The van der Waals surface area contributed by atoms with Crippen LogP contribution < -0.4 is 0 Å². The molecule has 17 heavy (non-hydrogen) atoms. The molecule has 0 spiro atoms. The minimum absolute atomic E-state index is 0.0836. The zero-order valence-corrected chi connectivity index (χ0v) is 11.3. The minimum atomic E-state index is -0.410. The van der Waals surface area contributed by atoms with Crippen molar-refractivity contribution in [1.29, 1.82) is 0 Å². The van der Waals surface area contributed by atoms with Crippen molar-refractivity contribution in [2.24, 2.45) is 0 Å². The molecule has 0 atom stereocenters. The fraction of sp³-hybridized carbons (Fsp3) is 0.364. The van der Waals surface area contributed by atoms with Crippen LogP contribution in [0.4, 0.5) is 0 Å². The summed E-state index contributed by atoms with van der Waals surface area (Å²) in [5, 5.41) is 18.6. The number of aliphatic hydroxyl groups is 1. The highest BCUT2D eigenvalue weighted by molar-refractivity contribution is 14.1.